The van der Waals surface area contributed by atoms with Crippen LogP contribution in [0.2, 0.25) is 0 Å². The van der Waals surface area contributed by atoms with Crippen molar-refractivity contribution >= 4 is 41.5 Å². The Morgan fingerprint density at radius 1 is 0.438 bits per heavy atom. The summed E-state index contributed by atoms with van der Waals surface area (Å²) < 4.78 is 21.3. The number of nitrogens with zero attached hydrogens (tertiary/aromatic N) is 2. The zero-order chi connectivity index (χ0) is 47.3. The smallest absolute Gasteiger partial charge is 0.330 e. The van der Waals surface area contributed by atoms with Gasteiger partial charge in [-0.1, -0.05) is 89.9 Å². The molecule has 4 amide bonds. The molecule has 370 valence electrons. The Labute approximate surface area is 379 Å². The van der Waals surface area contributed by atoms with E-state index in [-0.39, 0.29) is 115 Å². The van der Waals surface area contributed by atoms with Crippen LogP contribution in [0.5, 0.6) is 0 Å². The molecule has 0 aliphatic rings. The number of carboxylic acid groups (broad SMARTS) is 3. The number of hydrogen-bond donors (Lipinski definition) is 7. The molecule has 2 atom stereocenters. The van der Waals surface area contributed by atoms with E-state index in [9.17, 15) is 38.7 Å². The highest BCUT2D eigenvalue weighted by atomic mass is 16.5. The van der Waals surface area contributed by atoms with Gasteiger partial charge in [0, 0.05) is 45.9 Å². The summed E-state index contributed by atoms with van der Waals surface area (Å²) in [6, 6.07) is -2.02. The van der Waals surface area contributed by atoms with Gasteiger partial charge in [-0.05, 0) is 38.5 Å². The number of carboxylic acids is 3. The van der Waals surface area contributed by atoms with Crippen molar-refractivity contribution in [1.82, 2.24) is 21.3 Å². The number of amides is 4. The molecule has 2 unspecified atom stereocenters. The van der Waals surface area contributed by atoms with Crippen molar-refractivity contribution in [3.63, 3.8) is 0 Å². The van der Waals surface area contributed by atoms with Crippen LogP contribution in [0.15, 0.2) is 10.2 Å². The van der Waals surface area contributed by atoms with Crippen molar-refractivity contribution in [3.8, 4) is 0 Å². The lowest BCUT2D eigenvalue weighted by Crippen LogP contribution is -2.41. The van der Waals surface area contributed by atoms with Crippen molar-refractivity contribution in [2.24, 2.45) is 10.2 Å². The third-order valence-electron chi connectivity index (χ3n) is 9.95. The minimum atomic E-state index is -1.18. The van der Waals surface area contributed by atoms with E-state index >= 15 is 0 Å². The molecule has 0 fully saturated rings. The fraction of sp³-hybridized carbons (Fsp3) is 0.841. The van der Waals surface area contributed by atoms with Gasteiger partial charge in [0.25, 0.3) is 0 Å². The van der Waals surface area contributed by atoms with Crippen molar-refractivity contribution in [2.45, 2.75) is 160 Å². The Kier molecular flexibility index (Phi) is 41.0. The fourth-order valence-electron chi connectivity index (χ4n) is 6.38. The fourth-order valence-corrected chi connectivity index (χ4v) is 6.38. The third kappa shape index (κ3) is 41.7. The molecule has 0 saturated carbocycles. The number of rotatable bonds is 47. The predicted octanol–water partition coefficient (Wildman–Crippen LogP) is 4.56. The highest BCUT2D eigenvalue weighted by Crippen LogP contribution is 2.15. The molecule has 0 aliphatic carbocycles. The van der Waals surface area contributed by atoms with Crippen LogP contribution in [0.25, 0.3) is 0 Å². The van der Waals surface area contributed by atoms with E-state index < -0.39 is 30.0 Å². The molecule has 64 heavy (non-hydrogen) atoms. The Balaban J connectivity index is 3.65. The summed E-state index contributed by atoms with van der Waals surface area (Å²) in [4.78, 5) is 81.5. The number of azo groups is 1. The first-order chi connectivity index (χ1) is 31.0. The van der Waals surface area contributed by atoms with E-state index in [1.165, 1.54) is 64.8 Å². The van der Waals surface area contributed by atoms with Gasteiger partial charge in [0.2, 0.25) is 23.6 Å². The maximum absolute atomic E-state index is 12.3. The minimum Gasteiger partial charge on any atom is -0.481 e. The van der Waals surface area contributed by atoms with Gasteiger partial charge in [-0.25, -0.2) is 9.59 Å². The highest BCUT2D eigenvalue weighted by Gasteiger charge is 2.21. The molecule has 0 aromatic carbocycles. The predicted molar refractivity (Wildman–Crippen MR) is 238 cm³/mol. The number of unbranched alkanes of at least 4 members (excludes halogenated alkanes) is 16. The maximum Gasteiger partial charge on any atom is 0.330 e. The summed E-state index contributed by atoms with van der Waals surface area (Å²) >= 11 is 0. The Bertz CT molecular complexity index is 1290. The lowest BCUT2D eigenvalue weighted by atomic mass is 10.0. The van der Waals surface area contributed by atoms with Gasteiger partial charge in [0.05, 0.1) is 39.6 Å². The average molecular weight is 917 g/mol. The Hall–Kier alpha value is -4.27. The van der Waals surface area contributed by atoms with E-state index in [0.717, 1.165) is 38.5 Å². The van der Waals surface area contributed by atoms with Gasteiger partial charge in [-0.3, -0.25) is 24.0 Å². The normalized spacial score (nSPS) is 12.1. The zero-order valence-electron chi connectivity index (χ0n) is 38.4. The Morgan fingerprint density at radius 3 is 1.33 bits per heavy atom. The maximum atomic E-state index is 12.3. The molecule has 0 radical (unpaired) electrons. The molecular formula is C44H80N6O14. The summed E-state index contributed by atoms with van der Waals surface area (Å²) in [7, 11) is 1.42. The monoisotopic (exact) mass is 917 g/mol. The van der Waals surface area contributed by atoms with Crippen molar-refractivity contribution < 1.29 is 67.8 Å². The van der Waals surface area contributed by atoms with E-state index in [4.69, 9.17) is 29.2 Å². The molecule has 0 aromatic heterocycles. The van der Waals surface area contributed by atoms with Crippen LogP contribution in [0.3, 0.4) is 0 Å². The van der Waals surface area contributed by atoms with E-state index in [0.29, 0.717) is 32.2 Å². The van der Waals surface area contributed by atoms with Crippen LogP contribution < -0.4 is 21.3 Å². The summed E-state index contributed by atoms with van der Waals surface area (Å²) in [6.07, 6.45) is 19.7. The standard InChI is InChI=1S/C44H80N6O14/c1-45-50-37(44(59)60)20-18-19-25-46-40(53)34-63-32-31-62-29-27-48-41(54)35-64-33-30-61-28-26-47-38(51)24-23-36(43(57)58)49-39(52)21-16-14-12-10-8-6-4-2-3-5-7-9-11-13-15-17-22-42(55)56/h36-37H,2-35H2,1H3,(H,46,53)(H,47,51)(H,48,54)(H,49,52)(H,55,56)(H,57,58)(H,59,60). The molecule has 7 N–H and O–H groups in total. The second-order valence-corrected chi connectivity index (χ2v) is 15.6. The summed E-state index contributed by atoms with van der Waals surface area (Å²) in [5.41, 5.74) is 0. The first kappa shape index (κ1) is 59.7. The van der Waals surface area contributed by atoms with Gasteiger partial charge in [-0.2, -0.15) is 10.2 Å². The number of hydrogen-bond acceptors (Lipinski definition) is 13. The van der Waals surface area contributed by atoms with Crippen molar-refractivity contribution in [1.29, 1.82) is 0 Å². The second-order valence-electron chi connectivity index (χ2n) is 15.6. The van der Waals surface area contributed by atoms with E-state index in [2.05, 4.69) is 31.5 Å². The van der Waals surface area contributed by atoms with E-state index in [1.807, 2.05) is 0 Å². The number of carbonyl (C=O) groups is 7. The van der Waals surface area contributed by atoms with Crippen LogP contribution in [-0.4, -0.2) is 148 Å². The molecule has 0 spiro atoms. The van der Waals surface area contributed by atoms with Crippen LogP contribution in [0.4, 0.5) is 0 Å². The molecule has 0 aromatic rings. The average Bonchev–Trinajstić information content (AvgIpc) is 3.25. The molecule has 0 saturated heterocycles. The molecular weight excluding hydrogens is 837 g/mol. The van der Waals surface area contributed by atoms with Crippen LogP contribution in [-0.2, 0) is 52.5 Å². The largest absolute Gasteiger partial charge is 0.481 e. The van der Waals surface area contributed by atoms with E-state index in [1.54, 1.807) is 0 Å². The SMILES string of the molecule is CN=NC(CCCCNC(=O)COCCOCCNC(=O)COCCOCCNC(=O)CCC(NC(=O)CCCCCCCCCCCCCCCCCCC(=O)O)C(=O)O)C(=O)O. The summed E-state index contributed by atoms with van der Waals surface area (Å²) in [6.45, 7) is 1.75. The van der Waals surface area contributed by atoms with Gasteiger partial charge in [0.1, 0.15) is 19.3 Å². The van der Waals surface area contributed by atoms with Crippen LogP contribution in [0.1, 0.15) is 148 Å². The molecule has 0 rings (SSSR count). The van der Waals surface area contributed by atoms with Crippen molar-refractivity contribution in [3.05, 3.63) is 0 Å². The first-order valence-electron chi connectivity index (χ1n) is 23.3. The Morgan fingerprint density at radius 2 is 0.875 bits per heavy atom. The summed E-state index contributed by atoms with van der Waals surface area (Å²) in [5.74, 6) is -4.23. The second kappa shape index (κ2) is 44.0. The lowest BCUT2D eigenvalue weighted by molar-refractivity contribution is -0.142. The van der Waals surface area contributed by atoms with Gasteiger partial charge in [-0.15, -0.1) is 0 Å². The molecule has 0 bridgehead atoms. The third-order valence-corrected chi connectivity index (χ3v) is 9.95. The van der Waals surface area contributed by atoms with Gasteiger partial charge >= 0.3 is 17.9 Å². The van der Waals surface area contributed by atoms with Gasteiger partial charge < -0.3 is 55.5 Å². The molecule has 20 heteroatoms. The highest BCUT2D eigenvalue weighted by molar-refractivity contribution is 5.84. The molecule has 0 aliphatic heterocycles. The summed E-state index contributed by atoms with van der Waals surface area (Å²) in [5, 5.41) is 44.9. The van der Waals surface area contributed by atoms with Crippen LogP contribution >= 0.6 is 0 Å². The number of carbonyl (C=O) groups excluding carboxylic acids is 4. The number of ether oxygens (including phenoxy) is 4. The van der Waals surface area contributed by atoms with Gasteiger partial charge in [0.15, 0.2) is 6.04 Å². The zero-order valence-corrected chi connectivity index (χ0v) is 38.4. The quantitative estimate of drug-likeness (QED) is 0.0326. The topological polar surface area (TPSA) is 290 Å². The first-order valence-corrected chi connectivity index (χ1v) is 23.3. The van der Waals surface area contributed by atoms with Crippen LogP contribution in [0, 0.1) is 0 Å². The minimum absolute atomic E-state index is 0.0295. The number of aliphatic carboxylic acids is 3. The molecule has 0 heterocycles. The van der Waals surface area contributed by atoms with Crippen molar-refractivity contribution in [2.75, 3.05) is 79.5 Å². The number of nitrogens with one attached hydrogen (secondary N) is 4. The lowest BCUT2D eigenvalue weighted by Gasteiger charge is -2.14. The molecule has 20 nitrogen and oxygen atoms in total.